The molecule has 0 bridgehead atoms. The van der Waals surface area contributed by atoms with Crippen LogP contribution in [0.15, 0.2) is 47.5 Å². The van der Waals surface area contributed by atoms with Crippen LogP contribution < -0.4 is 20.1 Å². The van der Waals surface area contributed by atoms with Gasteiger partial charge in [0.15, 0.2) is 17.5 Å². The normalized spacial score (nSPS) is 12.2. The summed E-state index contributed by atoms with van der Waals surface area (Å²) in [4.78, 5) is 4.44. The minimum atomic E-state index is -2.97. The van der Waals surface area contributed by atoms with Crippen LogP contribution in [0.2, 0.25) is 0 Å². The number of alkyl halides is 2. The number of nitrogens with zero attached hydrogens (tertiary/aromatic N) is 1. The van der Waals surface area contributed by atoms with E-state index in [1.165, 1.54) is 0 Å². The lowest BCUT2D eigenvalue weighted by Gasteiger charge is -2.17. The monoisotopic (exact) mass is 549 g/mol. The molecular formula is C22H30F2IN3O3. The number of benzene rings is 2. The summed E-state index contributed by atoms with van der Waals surface area (Å²) in [5.74, 6) is 0.682. The molecule has 2 aromatic rings. The standard InChI is InChI=1S/C22H29F2N3O3.HI/c1-4-25-22(27-14-18(28)16-9-6-8-15(3)12-16)26-13-17-10-7-11-19(29-5-2)20(17)30-21(23)24;/h6-12,18,21,28H,4-5,13-14H2,1-3H3,(H2,25,26,27);1H. The summed E-state index contributed by atoms with van der Waals surface area (Å²) in [5.41, 5.74) is 2.33. The van der Waals surface area contributed by atoms with E-state index in [1.54, 1.807) is 25.1 Å². The number of para-hydroxylation sites is 1. The first-order valence-corrected chi connectivity index (χ1v) is 9.90. The van der Waals surface area contributed by atoms with E-state index in [0.29, 0.717) is 24.7 Å². The molecule has 1 atom stereocenters. The molecule has 0 spiro atoms. The average molecular weight is 549 g/mol. The summed E-state index contributed by atoms with van der Waals surface area (Å²) in [7, 11) is 0. The number of ether oxygens (including phenoxy) is 2. The highest BCUT2D eigenvalue weighted by atomic mass is 127. The third kappa shape index (κ3) is 8.86. The van der Waals surface area contributed by atoms with Crippen LogP contribution in [-0.2, 0) is 6.54 Å². The van der Waals surface area contributed by atoms with Crippen molar-refractivity contribution in [1.82, 2.24) is 10.6 Å². The van der Waals surface area contributed by atoms with Crippen molar-refractivity contribution in [3.05, 3.63) is 59.2 Å². The molecule has 6 nitrogen and oxygen atoms in total. The number of guanidine groups is 1. The van der Waals surface area contributed by atoms with Gasteiger partial charge in [-0.2, -0.15) is 8.78 Å². The third-order valence-corrected chi connectivity index (χ3v) is 4.21. The molecular weight excluding hydrogens is 519 g/mol. The molecule has 0 radical (unpaired) electrons. The Morgan fingerprint density at radius 1 is 1.13 bits per heavy atom. The lowest BCUT2D eigenvalue weighted by molar-refractivity contribution is -0.0520. The van der Waals surface area contributed by atoms with Crippen molar-refractivity contribution in [3.8, 4) is 11.5 Å². The largest absolute Gasteiger partial charge is 0.490 e. The van der Waals surface area contributed by atoms with Crippen LogP contribution in [0, 0.1) is 6.92 Å². The Bertz CT molecular complexity index is 837. The van der Waals surface area contributed by atoms with Crippen molar-refractivity contribution in [2.75, 3.05) is 19.7 Å². The van der Waals surface area contributed by atoms with Gasteiger partial charge < -0.3 is 25.2 Å². The quantitative estimate of drug-likeness (QED) is 0.233. The number of aliphatic imine (C=N–C) groups is 1. The number of halogens is 3. The van der Waals surface area contributed by atoms with E-state index in [0.717, 1.165) is 11.1 Å². The first-order valence-electron chi connectivity index (χ1n) is 9.90. The number of aliphatic hydroxyl groups is 1. The number of aliphatic hydroxyl groups excluding tert-OH is 1. The van der Waals surface area contributed by atoms with Gasteiger partial charge in [0.1, 0.15) is 0 Å². The van der Waals surface area contributed by atoms with Crippen LogP contribution in [0.3, 0.4) is 0 Å². The molecule has 172 valence electrons. The Morgan fingerprint density at radius 3 is 2.52 bits per heavy atom. The van der Waals surface area contributed by atoms with E-state index in [1.807, 2.05) is 38.1 Å². The lowest BCUT2D eigenvalue weighted by Crippen LogP contribution is -2.39. The maximum Gasteiger partial charge on any atom is 0.387 e. The molecule has 2 rings (SSSR count). The van der Waals surface area contributed by atoms with Crippen LogP contribution in [0.25, 0.3) is 0 Å². The second-order valence-corrected chi connectivity index (χ2v) is 6.56. The molecule has 0 aliphatic rings. The zero-order valence-electron chi connectivity index (χ0n) is 17.9. The second-order valence-electron chi connectivity index (χ2n) is 6.56. The van der Waals surface area contributed by atoms with Gasteiger partial charge in [0.05, 0.1) is 19.3 Å². The predicted octanol–water partition coefficient (Wildman–Crippen LogP) is 4.40. The van der Waals surface area contributed by atoms with E-state index < -0.39 is 12.7 Å². The molecule has 2 aromatic carbocycles. The van der Waals surface area contributed by atoms with Gasteiger partial charge in [0, 0.05) is 18.7 Å². The van der Waals surface area contributed by atoms with Crippen molar-refractivity contribution < 1.29 is 23.4 Å². The van der Waals surface area contributed by atoms with Gasteiger partial charge in [0.2, 0.25) is 0 Å². The summed E-state index contributed by atoms with van der Waals surface area (Å²) in [6.45, 7) is 3.95. The van der Waals surface area contributed by atoms with E-state index in [9.17, 15) is 13.9 Å². The maximum absolute atomic E-state index is 12.9. The molecule has 0 saturated carbocycles. The molecule has 3 N–H and O–H groups in total. The zero-order chi connectivity index (χ0) is 21.9. The van der Waals surface area contributed by atoms with Crippen LogP contribution in [0.1, 0.15) is 36.6 Å². The van der Waals surface area contributed by atoms with Crippen molar-refractivity contribution in [2.45, 2.75) is 40.0 Å². The van der Waals surface area contributed by atoms with Crippen molar-refractivity contribution in [2.24, 2.45) is 4.99 Å². The minimum absolute atomic E-state index is 0. The Hall–Kier alpha value is -2.14. The molecule has 9 heteroatoms. The molecule has 0 fully saturated rings. The highest BCUT2D eigenvalue weighted by Gasteiger charge is 2.16. The number of hydrogen-bond acceptors (Lipinski definition) is 4. The van der Waals surface area contributed by atoms with Gasteiger partial charge in [-0.25, -0.2) is 4.99 Å². The lowest BCUT2D eigenvalue weighted by atomic mass is 10.1. The molecule has 0 saturated heterocycles. The Labute approximate surface area is 199 Å². The molecule has 0 aliphatic carbocycles. The number of rotatable bonds is 10. The fourth-order valence-electron chi connectivity index (χ4n) is 2.87. The van der Waals surface area contributed by atoms with E-state index in [2.05, 4.69) is 20.4 Å². The average Bonchev–Trinajstić information content (AvgIpc) is 2.71. The molecule has 0 aliphatic heterocycles. The third-order valence-electron chi connectivity index (χ3n) is 4.21. The first-order chi connectivity index (χ1) is 14.4. The summed E-state index contributed by atoms with van der Waals surface area (Å²) in [5, 5.41) is 16.6. The Kier molecular flexibility index (Phi) is 12.2. The van der Waals surface area contributed by atoms with E-state index in [4.69, 9.17) is 4.74 Å². The van der Waals surface area contributed by atoms with Crippen molar-refractivity contribution in [1.29, 1.82) is 0 Å². The van der Waals surface area contributed by atoms with Crippen molar-refractivity contribution >= 4 is 29.9 Å². The SMILES string of the molecule is CCNC(=NCc1cccc(OCC)c1OC(F)F)NCC(O)c1cccc(C)c1.I. The summed E-state index contributed by atoms with van der Waals surface area (Å²) in [6.07, 6.45) is -0.715. The summed E-state index contributed by atoms with van der Waals surface area (Å²) < 4.78 is 35.8. The van der Waals surface area contributed by atoms with Crippen LogP contribution in [-0.4, -0.2) is 37.4 Å². The number of hydrogen-bond donors (Lipinski definition) is 3. The van der Waals surface area contributed by atoms with Crippen LogP contribution >= 0.6 is 24.0 Å². The number of nitrogens with one attached hydrogen (secondary N) is 2. The van der Waals surface area contributed by atoms with Gasteiger partial charge in [-0.1, -0.05) is 42.0 Å². The minimum Gasteiger partial charge on any atom is -0.490 e. The van der Waals surface area contributed by atoms with Gasteiger partial charge in [-0.15, -0.1) is 24.0 Å². The van der Waals surface area contributed by atoms with E-state index >= 15 is 0 Å². The molecule has 0 heterocycles. The molecule has 1 unspecified atom stereocenters. The molecule has 0 amide bonds. The molecule has 0 aromatic heterocycles. The van der Waals surface area contributed by atoms with Gasteiger partial charge in [0.25, 0.3) is 0 Å². The highest BCUT2D eigenvalue weighted by molar-refractivity contribution is 14.0. The predicted molar refractivity (Wildman–Crippen MR) is 129 cm³/mol. The van der Waals surface area contributed by atoms with Crippen LogP contribution in [0.4, 0.5) is 8.78 Å². The van der Waals surface area contributed by atoms with Crippen molar-refractivity contribution in [3.63, 3.8) is 0 Å². The molecule has 31 heavy (non-hydrogen) atoms. The first kappa shape index (κ1) is 26.9. The van der Waals surface area contributed by atoms with Crippen LogP contribution in [0.5, 0.6) is 11.5 Å². The smallest absolute Gasteiger partial charge is 0.387 e. The number of aryl methyl sites for hydroxylation is 1. The summed E-state index contributed by atoms with van der Waals surface area (Å²) >= 11 is 0. The van der Waals surface area contributed by atoms with Gasteiger partial charge >= 0.3 is 6.61 Å². The topological polar surface area (TPSA) is 75.1 Å². The van der Waals surface area contributed by atoms with Gasteiger partial charge in [-0.3, -0.25) is 0 Å². The fourth-order valence-corrected chi connectivity index (χ4v) is 2.87. The highest BCUT2D eigenvalue weighted by Crippen LogP contribution is 2.33. The second kappa shape index (κ2) is 14.0. The fraction of sp³-hybridized carbons (Fsp3) is 0.409. The van der Waals surface area contributed by atoms with Gasteiger partial charge in [-0.05, 0) is 32.4 Å². The zero-order valence-corrected chi connectivity index (χ0v) is 20.2. The maximum atomic E-state index is 12.9. The Morgan fingerprint density at radius 2 is 1.87 bits per heavy atom. The summed E-state index contributed by atoms with van der Waals surface area (Å²) in [6, 6.07) is 12.6. The Balaban J connectivity index is 0.00000480. The van der Waals surface area contributed by atoms with E-state index in [-0.39, 0.29) is 48.6 Å².